The van der Waals surface area contributed by atoms with Crippen LogP contribution in [-0.4, -0.2) is 42.2 Å². The van der Waals surface area contributed by atoms with Crippen LogP contribution in [0.15, 0.2) is 18.2 Å². The van der Waals surface area contributed by atoms with Crippen molar-refractivity contribution in [1.82, 2.24) is 4.90 Å². The summed E-state index contributed by atoms with van der Waals surface area (Å²) >= 11 is 5.91. The minimum atomic E-state index is -0.936. The van der Waals surface area contributed by atoms with Gasteiger partial charge in [-0.1, -0.05) is 18.5 Å². The molecule has 116 valence electrons. The first-order valence-corrected chi connectivity index (χ1v) is 6.89. The Morgan fingerprint density at radius 2 is 2.14 bits per heavy atom. The zero-order valence-corrected chi connectivity index (χ0v) is 13.0. The van der Waals surface area contributed by atoms with Gasteiger partial charge in [0.25, 0.3) is 0 Å². The number of nitrogens with zero attached hydrogens (tertiary/aromatic N) is 1. The van der Waals surface area contributed by atoms with Crippen molar-refractivity contribution in [3.8, 4) is 5.75 Å². The maximum atomic E-state index is 12.1. The first-order valence-electron chi connectivity index (χ1n) is 6.51. The smallest absolute Gasteiger partial charge is 0.321 e. The van der Waals surface area contributed by atoms with E-state index in [1.54, 1.807) is 32.0 Å². The molecule has 0 fully saturated rings. The topological polar surface area (TPSA) is 78.9 Å². The summed E-state index contributed by atoms with van der Waals surface area (Å²) in [6.45, 7) is 3.90. The van der Waals surface area contributed by atoms with Gasteiger partial charge in [0.1, 0.15) is 5.75 Å². The molecule has 0 bridgehead atoms. The lowest BCUT2D eigenvalue weighted by atomic mass is 10.2. The van der Waals surface area contributed by atoms with E-state index in [1.165, 1.54) is 12.0 Å². The van der Waals surface area contributed by atoms with Crippen molar-refractivity contribution in [1.29, 1.82) is 0 Å². The van der Waals surface area contributed by atoms with E-state index >= 15 is 0 Å². The number of anilines is 1. The Hall–Kier alpha value is -1.95. The molecular formula is C14H19ClN2O4. The van der Waals surface area contributed by atoms with Crippen molar-refractivity contribution in [2.24, 2.45) is 5.92 Å². The van der Waals surface area contributed by atoms with Crippen molar-refractivity contribution < 1.29 is 19.4 Å². The number of hydrogen-bond donors (Lipinski definition) is 2. The minimum Gasteiger partial charge on any atom is -0.495 e. The van der Waals surface area contributed by atoms with Gasteiger partial charge in [0, 0.05) is 24.8 Å². The van der Waals surface area contributed by atoms with Crippen LogP contribution in [0.1, 0.15) is 13.8 Å². The van der Waals surface area contributed by atoms with Crippen LogP contribution < -0.4 is 10.1 Å². The standard InChI is InChI=1S/C14H19ClN2O4/c1-4-17(8-9(2)13(18)19)14(20)16-10-5-6-11(15)12(7-10)21-3/h5-7,9H,4,8H2,1-3H3,(H,16,20)(H,18,19). The molecule has 0 spiro atoms. The van der Waals surface area contributed by atoms with Crippen molar-refractivity contribution >= 4 is 29.3 Å². The average molecular weight is 315 g/mol. The number of ether oxygens (including phenoxy) is 1. The van der Waals surface area contributed by atoms with Crippen LogP contribution in [0.4, 0.5) is 10.5 Å². The minimum absolute atomic E-state index is 0.141. The van der Waals surface area contributed by atoms with Crippen LogP contribution in [0.2, 0.25) is 5.02 Å². The van der Waals surface area contributed by atoms with Gasteiger partial charge in [-0.15, -0.1) is 0 Å². The highest BCUT2D eigenvalue weighted by Gasteiger charge is 2.19. The number of amides is 2. The predicted octanol–water partition coefficient (Wildman–Crippen LogP) is 2.92. The van der Waals surface area contributed by atoms with Gasteiger partial charge >= 0.3 is 12.0 Å². The molecule has 6 nitrogen and oxygen atoms in total. The molecule has 0 aliphatic carbocycles. The summed E-state index contributed by atoms with van der Waals surface area (Å²) in [4.78, 5) is 24.4. The van der Waals surface area contributed by atoms with Crippen LogP contribution in [0.25, 0.3) is 0 Å². The lowest BCUT2D eigenvalue weighted by Crippen LogP contribution is -2.39. The van der Waals surface area contributed by atoms with E-state index in [0.29, 0.717) is 23.0 Å². The van der Waals surface area contributed by atoms with Gasteiger partial charge in [-0.25, -0.2) is 4.79 Å². The summed E-state index contributed by atoms with van der Waals surface area (Å²) in [5, 5.41) is 12.0. The van der Waals surface area contributed by atoms with E-state index in [2.05, 4.69) is 5.32 Å². The van der Waals surface area contributed by atoms with Gasteiger partial charge in [-0.3, -0.25) is 4.79 Å². The van der Waals surface area contributed by atoms with Gasteiger partial charge < -0.3 is 20.1 Å². The van der Waals surface area contributed by atoms with Crippen LogP contribution >= 0.6 is 11.6 Å². The number of rotatable bonds is 6. The second-order valence-corrected chi connectivity index (χ2v) is 4.96. The van der Waals surface area contributed by atoms with Gasteiger partial charge in [0.05, 0.1) is 18.1 Å². The number of carbonyl (C=O) groups is 2. The SMILES string of the molecule is CCN(CC(C)C(=O)O)C(=O)Nc1ccc(Cl)c(OC)c1. The number of carboxylic acid groups (broad SMARTS) is 1. The third-order valence-electron chi connectivity index (χ3n) is 2.99. The number of aliphatic carboxylic acids is 1. The predicted molar refractivity (Wildman–Crippen MR) is 81.1 cm³/mol. The Morgan fingerprint density at radius 3 is 2.67 bits per heavy atom. The number of methoxy groups -OCH3 is 1. The van der Waals surface area contributed by atoms with Crippen molar-refractivity contribution in [3.63, 3.8) is 0 Å². The molecule has 0 aliphatic heterocycles. The van der Waals surface area contributed by atoms with E-state index in [4.69, 9.17) is 21.4 Å². The molecule has 0 radical (unpaired) electrons. The molecule has 7 heteroatoms. The molecule has 21 heavy (non-hydrogen) atoms. The fourth-order valence-corrected chi connectivity index (χ4v) is 1.90. The van der Waals surface area contributed by atoms with Crippen LogP contribution in [-0.2, 0) is 4.79 Å². The highest BCUT2D eigenvalue weighted by molar-refractivity contribution is 6.32. The first kappa shape index (κ1) is 17.1. The summed E-state index contributed by atoms with van der Waals surface area (Å²) in [7, 11) is 1.49. The second kappa shape index (κ2) is 7.73. The average Bonchev–Trinajstić information content (AvgIpc) is 2.46. The summed E-state index contributed by atoms with van der Waals surface area (Å²) in [6.07, 6.45) is 0. The van der Waals surface area contributed by atoms with Crippen molar-refractivity contribution in [2.75, 3.05) is 25.5 Å². The fraction of sp³-hybridized carbons (Fsp3) is 0.429. The van der Waals surface area contributed by atoms with Gasteiger partial charge in [0.2, 0.25) is 0 Å². The number of nitrogens with one attached hydrogen (secondary N) is 1. The fourth-order valence-electron chi connectivity index (χ4n) is 1.70. The third-order valence-corrected chi connectivity index (χ3v) is 3.30. The monoisotopic (exact) mass is 314 g/mol. The number of carboxylic acids is 1. The largest absolute Gasteiger partial charge is 0.495 e. The third kappa shape index (κ3) is 4.82. The summed E-state index contributed by atoms with van der Waals surface area (Å²) < 4.78 is 5.08. The van der Waals surface area contributed by atoms with E-state index in [1.807, 2.05) is 0 Å². The van der Waals surface area contributed by atoms with E-state index < -0.39 is 11.9 Å². The Balaban J connectivity index is 2.76. The Labute approximate surface area is 128 Å². The molecule has 1 unspecified atom stereocenters. The number of hydrogen-bond acceptors (Lipinski definition) is 3. The Morgan fingerprint density at radius 1 is 1.48 bits per heavy atom. The molecule has 0 saturated heterocycles. The van der Waals surface area contributed by atoms with Crippen LogP contribution in [0.3, 0.4) is 0 Å². The Bertz CT molecular complexity index is 522. The molecule has 1 rings (SSSR count). The second-order valence-electron chi connectivity index (χ2n) is 4.56. The van der Waals surface area contributed by atoms with E-state index in [9.17, 15) is 9.59 Å². The first-order chi connectivity index (χ1) is 9.88. The normalized spacial score (nSPS) is 11.6. The quantitative estimate of drug-likeness (QED) is 0.846. The maximum absolute atomic E-state index is 12.1. The number of benzene rings is 1. The summed E-state index contributed by atoms with van der Waals surface area (Å²) in [6, 6.07) is 4.51. The van der Waals surface area contributed by atoms with E-state index in [-0.39, 0.29) is 12.6 Å². The molecule has 2 N–H and O–H groups in total. The Kier molecular flexibility index (Phi) is 6.30. The molecule has 0 aromatic heterocycles. The lowest BCUT2D eigenvalue weighted by molar-refractivity contribution is -0.141. The van der Waals surface area contributed by atoms with Gasteiger partial charge in [0.15, 0.2) is 0 Å². The van der Waals surface area contributed by atoms with Gasteiger partial charge in [-0.2, -0.15) is 0 Å². The zero-order valence-electron chi connectivity index (χ0n) is 12.2. The number of halogens is 1. The maximum Gasteiger partial charge on any atom is 0.321 e. The lowest BCUT2D eigenvalue weighted by Gasteiger charge is -2.23. The van der Waals surface area contributed by atoms with Crippen LogP contribution in [0, 0.1) is 5.92 Å². The van der Waals surface area contributed by atoms with Crippen LogP contribution in [0.5, 0.6) is 5.75 Å². The highest BCUT2D eigenvalue weighted by atomic mass is 35.5. The molecule has 1 atom stereocenters. The van der Waals surface area contributed by atoms with E-state index in [0.717, 1.165) is 0 Å². The molecular weight excluding hydrogens is 296 g/mol. The van der Waals surface area contributed by atoms with Crippen molar-refractivity contribution in [2.45, 2.75) is 13.8 Å². The molecule has 1 aromatic carbocycles. The molecule has 0 heterocycles. The summed E-state index contributed by atoms with van der Waals surface area (Å²) in [5.41, 5.74) is 0.530. The van der Waals surface area contributed by atoms with Crippen molar-refractivity contribution in [3.05, 3.63) is 23.2 Å². The number of urea groups is 1. The molecule has 1 aromatic rings. The van der Waals surface area contributed by atoms with Gasteiger partial charge in [-0.05, 0) is 19.1 Å². The molecule has 2 amide bonds. The molecule has 0 saturated carbocycles. The summed E-state index contributed by atoms with van der Waals surface area (Å²) in [5.74, 6) is -1.11. The highest BCUT2D eigenvalue weighted by Crippen LogP contribution is 2.27. The number of carbonyl (C=O) groups excluding carboxylic acids is 1. The zero-order chi connectivity index (χ0) is 16.0. The molecule has 0 aliphatic rings.